The molecule has 3 amide bonds. The van der Waals surface area contributed by atoms with E-state index in [1.807, 2.05) is 29.2 Å². The maximum Gasteiger partial charge on any atom is 0.256 e. The topological polar surface area (TPSA) is 69.7 Å². The molecule has 0 saturated carbocycles. The van der Waals surface area contributed by atoms with Crippen LogP contribution in [0.4, 0.5) is 5.69 Å². The molecule has 2 aromatic rings. The van der Waals surface area contributed by atoms with Gasteiger partial charge in [0.2, 0.25) is 5.91 Å². The van der Waals surface area contributed by atoms with Crippen molar-refractivity contribution in [1.82, 2.24) is 9.80 Å². The summed E-state index contributed by atoms with van der Waals surface area (Å²) in [5.41, 5.74) is 1.53. The van der Waals surface area contributed by atoms with Crippen LogP contribution < -0.4 is 5.32 Å². The molecule has 2 aliphatic heterocycles. The largest absolute Gasteiger partial charge is 0.338 e. The number of anilines is 1. The van der Waals surface area contributed by atoms with Crippen LogP contribution in [0.2, 0.25) is 0 Å². The number of nitrogens with one attached hydrogen (secondary N) is 1. The van der Waals surface area contributed by atoms with Crippen LogP contribution >= 0.6 is 15.9 Å². The number of nitrogens with zero attached hydrogens (tertiary/aromatic N) is 2. The van der Waals surface area contributed by atoms with E-state index < -0.39 is 6.04 Å². The molecule has 7 heteroatoms. The first-order chi connectivity index (χ1) is 15.8. The molecular formula is C26H30BrN3O3. The molecule has 3 atom stereocenters. The second-order valence-corrected chi connectivity index (χ2v) is 10.3. The first-order valence-electron chi connectivity index (χ1n) is 11.6. The highest BCUT2D eigenvalue weighted by Crippen LogP contribution is 2.28. The molecule has 2 heterocycles. The third-order valence-corrected chi connectivity index (χ3v) is 6.96. The van der Waals surface area contributed by atoms with Gasteiger partial charge in [0.05, 0.1) is 11.3 Å². The van der Waals surface area contributed by atoms with Crippen LogP contribution in [-0.2, 0) is 4.79 Å². The van der Waals surface area contributed by atoms with Crippen LogP contribution in [0, 0.1) is 11.8 Å². The summed E-state index contributed by atoms with van der Waals surface area (Å²) in [6.45, 7) is 6.30. The van der Waals surface area contributed by atoms with Crippen molar-refractivity contribution in [3.63, 3.8) is 0 Å². The molecule has 0 radical (unpaired) electrons. The number of carbonyl (C=O) groups is 3. The molecule has 2 saturated heterocycles. The Morgan fingerprint density at radius 2 is 1.67 bits per heavy atom. The molecule has 0 aromatic heterocycles. The third-order valence-electron chi connectivity index (χ3n) is 6.46. The van der Waals surface area contributed by atoms with Crippen LogP contribution in [-0.4, -0.2) is 53.2 Å². The second-order valence-electron chi connectivity index (χ2n) is 9.36. The minimum Gasteiger partial charge on any atom is -0.338 e. The van der Waals surface area contributed by atoms with E-state index in [1.165, 1.54) is 0 Å². The molecule has 174 valence electrons. The summed E-state index contributed by atoms with van der Waals surface area (Å²) in [5.74, 6) is 0.414. The Kier molecular flexibility index (Phi) is 7.17. The number of rotatable bonds is 4. The molecule has 0 spiro atoms. The predicted octanol–water partition coefficient (Wildman–Crippen LogP) is 4.81. The normalized spacial score (nSPS) is 22.8. The van der Waals surface area contributed by atoms with E-state index in [2.05, 4.69) is 35.1 Å². The molecule has 2 aliphatic rings. The van der Waals surface area contributed by atoms with E-state index in [0.29, 0.717) is 54.7 Å². The van der Waals surface area contributed by atoms with E-state index in [1.54, 1.807) is 29.2 Å². The first-order valence-corrected chi connectivity index (χ1v) is 12.4. The van der Waals surface area contributed by atoms with E-state index >= 15 is 0 Å². The first kappa shape index (κ1) is 23.5. The van der Waals surface area contributed by atoms with Gasteiger partial charge in [-0.1, -0.05) is 48.0 Å². The second kappa shape index (κ2) is 10.1. The Balaban J connectivity index is 1.53. The van der Waals surface area contributed by atoms with Crippen LogP contribution in [0.25, 0.3) is 0 Å². The van der Waals surface area contributed by atoms with Gasteiger partial charge >= 0.3 is 0 Å². The van der Waals surface area contributed by atoms with E-state index in [9.17, 15) is 14.4 Å². The number of hydrogen-bond acceptors (Lipinski definition) is 3. The summed E-state index contributed by atoms with van der Waals surface area (Å²) in [5, 5.41) is 2.96. The molecule has 4 rings (SSSR count). The van der Waals surface area contributed by atoms with Crippen molar-refractivity contribution in [2.45, 2.75) is 39.2 Å². The zero-order valence-corrected chi connectivity index (χ0v) is 20.7. The Labute approximate surface area is 203 Å². The van der Waals surface area contributed by atoms with E-state index in [-0.39, 0.29) is 17.7 Å². The summed E-state index contributed by atoms with van der Waals surface area (Å²) in [4.78, 5) is 43.2. The number of piperidine rings is 1. The SMILES string of the molecule is C[C@@H]1C[C@H](C)CN(C(=O)c2cc(Br)ccc2NC(=O)[C@@H]2CCCN2C(=O)c2ccccc2)C1. The van der Waals surface area contributed by atoms with Gasteiger partial charge in [-0.15, -0.1) is 0 Å². The Morgan fingerprint density at radius 1 is 0.970 bits per heavy atom. The molecule has 0 bridgehead atoms. The Hall–Kier alpha value is -2.67. The van der Waals surface area contributed by atoms with Gasteiger partial charge in [0.1, 0.15) is 6.04 Å². The zero-order valence-electron chi connectivity index (χ0n) is 19.1. The molecule has 2 fully saturated rings. The van der Waals surface area contributed by atoms with Crippen LogP contribution in [0.3, 0.4) is 0 Å². The predicted molar refractivity (Wildman–Crippen MR) is 132 cm³/mol. The van der Waals surface area contributed by atoms with Gasteiger partial charge in [-0.05, 0) is 61.4 Å². The molecule has 33 heavy (non-hydrogen) atoms. The van der Waals surface area contributed by atoms with Gasteiger partial charge < -0.3 is 15.1 Å². The van der Waals surface area contributed by atoms with Crippen molar-refractivity contribution in [2.24, 2.45) is 11.8 Å². The number of hydrogen-bond donors (Lipinski definition) is 1. The summed E-state index contributed by atoms with van der Waals surface area (Å²) in [6, 6.07) is 13.8. The van der Waals surface area contributed by atoms with Gasteiger partial charge in [-0.2, -0.15) is 0 Å². The molecule has 6 nitrogen and oxygen atoms in total. The maximum absolute atomic E-state index is 13.4. The zero-order chi connectivity index (χ0) is 23.5. The number of benzene rings is 2. The lowest BCUT2D eigenvalue weighted by molar-refractivity contribution is -0.119. The fourth-order valence-electron chi connectivity index (χ4n) is 5.05. The van der Waals surface area contributed by atoms with Crippen molar-refractivity contribution in [3.8, 4) is 0 Å². The minimum atomic E-state index is -0.556. The number of amides is 3. The Morgan fingerprint density at radius 3 is 2.36 bits per heavy atom. The quantitative estimate of drug-likeness (QED) is 0.640. The maximum atomic E-state index is 13.4. The van der Waals surface area contributed by atoms with Gasteiger partial charge in [0.25, 0.3) is 11.8 Å². The number of halogens is 1. The summed E-state index contributed by atoms with van der Waals surface area (Å²) in [7, 11) is 0. The highest BCUT2D eigenvalue weighted by Gasteiger charge is 2.35. The van der Waals surface area contributed by atoms with Gasteiger partial charge in [0, 0.05) is 29.7 Å². The van der Waals surface area contributed by atoms with Crippen molar-refractivity contribution in [3.05, 3.63) is 64.1 Å². The lowest BCUT2D eigenvalue weighted by atomic mass is 9.91. The monoisotopic (exact) mass is 511 g/mol. The molecule has 0 unspecified atom stereocenters. The van der Waals surface area contributed by atoms with Crippen molar-refractivity contribution < 1.29 is 14.4 Å². The molecule has 1 N–H and O–H groups in total. The molecule has 0 aliphatic carbocycles. The van der Waals surface area contributed by atoms with Crippen LogP contribution in [0.15, 0.2) is 53.0 Å². The van der Waals surface area contributed by atoms with Gasteiger partial charge in [-0.25, -0.2) is 0 Å². The van der Waals surface area contributed by atoms with E-state index in [4.69, 9.17) is 0 Å². The summed E-state index contributed by atoms with van der Waals surface area (Å²) in [6.07, 6.45) is 2.48. The Bertz CT molecular complexity index is 1030. The lowest BCUT2D eigenvalue weighted by Gasteiger charge is -2.35. The highest BCUT2D eigenvalue weighted by atomic mass is 79.9. The van der Waals surface area contributed by atoms with E-state index in [0.717, 1.165) is 17.3 Å². The molecule has 2 aromatic carbocycles. The van der Waals surface area contributed by atoms with Gasteiger partial charge in [-0.3, -0.25) is 14.4 Å². The smallest absolute Gasteiger partial charge is 0.256 e. The van der Waals surface area contributed by atoms with Gasteiger partial charge in [0.15, 0.2) is 0 Å². The third kappa shape index (κ3) is 5.29. The highest BCUT2D eigenvalue weighted by molar-refractivity contribution is 9.10. The van der Waals surface area contributed by atoms with Crippen molar-refractivity contribution in [1.29, 1.82) is 0 Å². The molecular weight excluding hydrogens is 482 g/mol. The lowest BCUT2D eigenvalue weighted by Crippen LogP contribution is -2.44. The average molecular weight is 512 g/mol. The minimum absolute atomic E-state index is 0.0753. The summed E-state index contributed by atoms with van der Waals surface area (Å²) >= 11 is 3.46. The fraction of sp³-hybridized carbons (Fsp3) is 0.423. The average Bonchev–Trinajstić information content (AvgIpc) is 3.29. The van der Waals surface area contributed by atoms with Crippen molar-refractivity contribution >= 4 is 39.3 Å². The van der Waals surface area contributed by atoms with Crippen LogP contribution in [0.5, 0.6) is 0 Å². The number of carbonyl (C=O) groups excluding carboxylic acids is 3. The number of likely N-dealkylation sites (tertiary alicyclic amines) is 2. The fourth-order valence-corrected chi connectivity index (χ4v) is 5.41. The standard InChI is InChI=1S/C26H30BrN3O3/c1-17-13-18(2)16-29(15-17)26(33)21-14-20(27)10-11-22(21)28-24(31)23-9-6-12-30(23)25(32)19-7-4-3-5-8-19/h3-5,7-8,10-11,14,17-18,23H,6,9,12-13,15-16H2,1-2H3,(H,28,31)/t17-,18+,23-/m0/s1. The van der Waals surface area contributed by atoms with Crippen LogP contribution in [0.1, 0.15) is 53.8 Å². The van der Waals surface area contributed by atoms with Crippen molar-refractivity contribution in [2.75, 3.05) is 25.0 Å². The summed E-state index contributed by atoms with van der Waals surface area (Å²) < 4.78 is 0.781.